The number of rotatable bonds is 3. The maximum absolute atomic E-state index is 13.8. The lowest BCUT2D eigenvalue weighted by atomic mass is 10.0. The van der Waals surface area contributed by atoms with E-state index in [1.54, 1.807) is 12.1 Å². The van der Waals surface area contributed by atoms with Crippen LogP contribution in [0.15, 0.2) is 18.2 Å². The van der Waals surface area contributed by atoms with Crippen LogP contribution in [0.5, 0.6) is 0 Å². The maximum Gasteiger partial charge on any atom is 0.165 e. The van der Waals surface area contributed by atoms with Crippen LogP contribution in [0.4, 0.5) is 10.1 Å². The SMILES string of the molecule is CC(C)C(=O)c1ccc(F)c(N2CCOCC2)c1. The van der Waals surface area contributed by atoms with Crippen molar-refractivity contribution in [2.45, 2.75) is 13.8 Å². The molecule has 0 aliphatic carbocycles. The number of ether oxygens (including phenoxy) is 1. The number of carbonyl (C=O) groups is 1. The number of morpholine rings is 1. The predicted molar refractivity (Wildman–Crippen MR) is 68.6 cm³/mol. The Hall–Kier alpha value is -1.42. The molecule has 0 N–H and O–H groups in total. The molecule has 0 aromatic heterocycles. The fraction of sp³-hybridized carbons (Fsp3) is 0.500. The van der Waals surface area contributed by atoms with Crippen molar-refractivity contribution < 1.29 is 13.9 Å². The Morgan fingerprint density at radius 1 is 1.33 bits per heavy atom. The van der Waals surface area contributed by atoms with Crippen LogP contribution in [0.3, 0.4) is 0 Å². The number of halogens is 1. The lowest BCUT2D eigenvalue weighted by molar-refractivity contribution is 0.0939. The van der Waals surface area contributed by atoms with E-state index in [1.165, 1.54) is 6.07 Å². The van der Waals surface area contributed by atoms with Crippen molar-refractivity contribution in [3.63, 3.8) is 0 Å². The molecule has 4 heteroatoms. The predicted octanol–water partition coefficient (Wildman–Crippen LogP) is 2.50. The van der Waals surface area contributed by atoms with Gasteiger partial charge in [0.25, 0.3) is 0 Å². The Balaban J connectivity index is 2.28. The fourth-order valence-electron chi connectivity index (χ4n) is 2.05. The molecule has 98 valence electrons. The molecule has 3 nitrogen and oxygen atoms in total. The Bertz CT molecular complexity index is 439. The Labute approximate surface area is 107 Å². The zero-order chi connectivity index (χ0) is 13.1. The smallest absolute Gasteiger partial charge is 0.165 e. The lowest BCUT2D eigenvalue weighted by Crippen LogP contribution is -2.36. The largest absolute Gasteiger partial charge is 0.378 e. The monoisotopic (exact) mass is 251 g/mol. The molecule has 1 heterocycles. The normalized spacial score (nSPS) is 16.1. The molecular weight excluding hydrogens is 233 g/mol. The molecule has 18 heavy (non-hydrogen) atoms. The molecule has 1 aliphatic rings. The summed E-state index contributed by atoms with van der Waals surface area (Å²) < 4.78 is 19.1. The number of benzene rings is 1. The number of carbonyl (C=O) groups excluding carboxylic acids is 1. The van der Waals surface area contributed by atoms with Gasteiger partial charge in [-0.3, -0.25) is 4.79 Å². The van der Waals surface area contributed by atoms with Gasteiger partial charge in [-0.2, -0.15) is 0 Å². The maximum atomic E-state index is 13.8. The van der Waals surface area contributed by atoms with Crippen LogP contribution in [0.1, 0.15) is 24.2 Å². The molecule has 1 aliphatic heterocycles. The van der Waals surface area contributed by atoms with Gasteiger partial charge in [-0.25, -0.2) is 4.39 Å². The molecule has 1 saturated heterocycles. The Morgan fingerprint density at radius 3 is 2.61 bits per heavy atom. The molecule has 0 radical (unpaired) electrons. The minimum Gasteiger partial charge on any atom is -0.378 e. The van der Waals surface area contributed by atoms with Gasteiger partial charge in [0.15, 0.2) is 5.78 Å². The first-order valence-corrected chi connectivity index (χ1v) is 6.26. The van der Waals surface area contributed by atoms with E-state index >= 15 is 0 Å². The van der Waals surface area contributed by atoms with Crippen LogP contribution in [-0.4, -0.2) is 32.1 Å². The average Bonchev–Trinajstić information content (AvgIpc) is 2.39. The van der Waals surface area contributed by atoms with Gasteiger partial charge in [0.2, 0.25) is 0 Å². The van der Waals surface area contributed by atoms with Gasteiger partial charge in [-0.05, 0) is 18.2 Å². The third kappa shape index (κ3) is 2.70. The van der Waals surface area contributed by atoms with Crippen LogP contribution in [0, 0.1) is 11.7 Å². The van der Waals surface area contributed by atoms with Crippen LogP contribution in [0.25, 0.3) is 0 Å². The van der Waals surface area contributed by atoms with Gasteiger partial charge in [-0.15, -0.1) is 0 Å². The second-order valence-corrected chi connectivity index (χ2v) is 4.78. The van der Waals surface area contributed by atoms with Crippen molar-refractivity contribution in [2.75, 3.05) is 31.2 Å². The first-order chi connectivity index (χ1) is 8.59. The van der Waals surface area contributed by atoms with E-state index in [0.29, 0.717) is 37.6 Å². The Kier molecular flexibility index (Phi) is 3.97. The van der Waals surface area contributed by atoms with Crippen LogP contribution in [0.2, 0.25) is 0 Å². The second-order valence-electron chi connectivity index (χ2n) is 4.78. The molecule has 0 saturated carbocycles. The lowest BCUT2D eigenvalue weighted by Gasteiger charge is -2.29. The van der Waals surface area contributed by atoms with E-state index in [9.17, 15) is 9.18 Å². The van der Waals surface area contributed by atoms with Crippen molar-refractivity contribution in [1.29, 1.82) is 0 Å². The highest BCUT2D eigenvalue weighted by Crippen LogP contribution is 2.23. The van der Waals surface area contributed by atoms with Gasteiger partial charge in [0.1, 0.15) is 5.82 Å². The van der Waals surface area contributed by atoms with Gasteiger partial charge < -0.3 is 9.64 Å². The number of hydrogen-bond acceptors (Lipinski definition) is 3. The average molecular weight is 251 g/mol. The molecule has 0 atom stereocenters. The first-order valence-electron chi connectivity index (χ1n) is 6.26. The van der Waals surface area contributed by atoms with E-state index in [0.717, 1.165) is 0 Å². The van der Waals surface area contributed by atoms with Crippen molar-refractivity contribution in [2.24, 2.45) is 5.92 Å². The molecule has 1 aromatic carbocycles. The summed E-state index contributed by atoms with van der Waals surface area (Å²) in [5, 5.41) is 0. The summed E-state index contributed by atoms with van der Waals surface area (Å²) in [6, 6.07) is 4.59. The number of anilines is 1. The highest BCUT2D eigenvalue weighted by molar-refractivity contribution is 5.98. The summed E-state index contributed by atoms with van der Waals surface area (Å²) in [6.45, 7) is 6.22. The van der Waals surface area contributed by atoms with E-state index in [1.807, 2.05) is 18.7 Å². The number of nitrogens with zero attached hydrogens (tertiary/aromatic N) is 1. The summed E-state index contributed by atoms with van der Waals surface area (Å²) in [5.41, 5.74) is 1.08. The molecule has 0 amide bonds. The third-order valence-corrected chi connectivity index (χ3v) is 3.11. The number of Topliss-reactive ketones (excluding diaryl/α,β-unsaturated/α-hetero) is 1. The first kappa shape index (κ1) is 13.0. The van der Waals surface area contributed by atoms with E-state index in [4.69, 9.17) is 4.74 Å². The van der Waals surface area contributed by atoms with Gasteiger partial charge in [-0.1, -0.05) is 13.8 Å². The summed E-state index contributed by atoms with van der Waals surface area (Å²) in [5.74, 6) is -0.310. The van der Waals surface area contributed by atoms with Gasteiger partial charge in [0.05, 0.1) is 18.9 Å². The molecule has 1 aromatic rings. The van der Waals surface area contributed by atoms with E-state index in [2.05, 4.69) is 0 Å². The summed E-state index contributed by atoms with van der Waals surface area (Å²) >= 11 is 0. The minimum absolute atomic E-state index is 0.0458. The fourth-order valence-corrected chi connectivity index (χ4v) is 2.05. The number of hydrogen-bond donors (Lipinski definition) is 0. The van der Waals surface area contributed by atoms with Crippen molar-refractivity contribution in [3.8, 4) is 0 Å². The van der Waals surface area contributed by atoms with E-state index < -0.39 is 0 Å². The molecule has 0 spiro atoms. The summed E-state index contributed by atoms with van der Waals surface area (Å²) in [6.07, 6.45) is 0. The minimum atomic E-state index is -0.280. The van der Waals surface area contributed by atoms with Crippen molar-refractivity contribution in [1.82, 2.24) is 0 Å². The quantitative estimate of drug-likeness (QED) is 0.773. The summed E-state index contributed by atoms with van der Waals surface area (Å²) in [4.78, 5) is 13.9. The van der Waals surface area contributed by atoms with Crippen molar-refractivity contribution >= 4 is 11.5 Å². The standard InChI is InChI=1S/C14H18FNO2/c1-10(2)14(17)11-3-4-12(15)13(9-11)16-5-7-18-8-6-16/h3-4,9-10H,5-8H2,1-2H3. The third-order valence-electron chi connectivity index (χ3n) is 3.11. The molecule has 0 unspecified atom stereocenters. The topological polar surface area (TPSA) is 29.5 Å². The highest BCUT2D eigenvalue weighted by atomic mass is 19.1. The van der Waals surface area contributed by atoms with Crippen LogP contribution in [-0.2, 0) is 4.74 Å². The zero-order valence-electron chi connectivity index (χ0n) is 10.8. The Morgan fingerprint density at radius 2 is 2.00 bits per heavy atom. The van der Waals surface area contributed by atoms with Crippen LogP contribution < -0.4 is 4.90 Å². The zero-order valence-corrected chi connectivity index (χ0v) is 10.8. The molecule has 1 fully saturated rings. The van der Waals surface area contributed by atoms with Crippen molar-refractivity contribution in [3.05, 3.63) is 29.6 Å². The highest BCUT2D eigenvalue weighted by Gasteiger charge is 2.18. The second kappa shape index (κ2) is 5.48. The van der Waals surface area contributed by atoms with E-state index in [-0.39, 0.29) is 17.5 Å². The van der Waals surface area contributed by atoms with Crippen LogP contribution >= 0.6 is 0 Å². The van der Waals surface area contributed by atoms with Gasteiger partial charge >= 0.3 is 0 Å². The van der Waals surface area contributed by atoms with Gasteiger partial charge in [0, 0.05) is 24.6 Å². The summed E-state index contributed by atoms with van der Waals surface area (Å²) in [7, 11) is 0. The number of ketones is 1. The molecular formula is C14H18FNO2. The molecule has 0 bridgehead atoms. The molecule has 2 rings (SSSR count).